The number of hydrogen-bond acceptors (Lipinski definition) is 4. The number of hydrogen-bond donors (Lipinski definition) is 1. The third-order valence-electron chi connectivity index (χ3n) is 2.87. The van der Waals surface area contributed by atoms with Gasteiger partial charge in [-0.3, -0.25) is 0 Å². The van der Waals surface area contributed by atoms with E-state index < -0.39 is 12.1 Å². The number of aromatic nitrogens is 2. The number of nitrogens with zero attached hydrogens (tertiary/aromatic N) is 2. The Morgan fingerprint density at radius 2 is 2.00 bits per heavy atom. The van der Waals surface area contributed by atoms with Crippen LogP contribution < -0.4 is 5.32 Å². The lowest BCUT2D eigenvalue weighted by Crippen LogP contribution is -2.05. The number of aryl methyl sites for hydroxylation is 2. The van der Waals surface area contributed by atoms with Crippen LogP contribution in [-0.2, 0) is 19.1 Å². The van der Waals surface area contributed by atoms with Crippen molar-refractivity contribution in [3.05, 3.63) is 41.1 Å². The molecule has 1 aromatic heterocycles. The summed E-state index contributed by atoms with van der Waals surface area (Å²) in [4.78, 5) is 0. The standard InChI is InChI=1S/C13H14F3N3O/c1-3-9-6-4-5-8(2)11(9)17-7-10-18-19-12(20-10)13(14,15)16/h4-6,17H,3,7H2,1-2H3. The molecular formula is C13H14F3N3O. The quantitative estimate of drug-likeness (QED) is 0.933. The average molecular weight is 285 g/mol. The van der Waals surface area contributed by atoms with E-state index in [1.54, 1.807) is 0 Å². The molecule has 0 unspecified atom stereocenters. The highest BCUT2D eigenvalue weighted by atomic mass is 19.4. The van der Waals surface area contributed by atoms with Gasteiger partial charge in [0.25, 0.3) is 0 Å². The normalized spacial score (nSPS) is 11.7. The maximum Gasteiger partial charge on any atom is 0.470 e. The zero-order chi connectivity index (χ0) is 14.8. The van der Waals surface area contributed by atoms with Gasteiger partial charge in [0.2, 0.25) is 5.89 Å². The number of benzene rings is 1. The summed E-state index contributed by atoms with van der Waals surface area (Å²) in [5, 5.41) is 9.42. The van der Waals surface area contributed by atoms with Crippen molar-refractivity contribution in [1.82, 2.24) is 10.2 Å². The van der Waals surface area contributed by atoms with E-state index in [0.29, 0.717) is 0 Å². The molecule has 0 aliphatic carbocycles. The van der Waals surface area contributed by atoms with Crippen LogP contribution in [0.4, 0.5) is 18.9 Å². The SMILES string of the molecule is CCc1cccc(C)c1NCc1nnc(C(F)(F)F)o1. The third kappa shape index (κ3) is 3.09. The van der Waals surface area contributed by atoms with Crippen LogP contribution in [0.2, 0.25) is 0 Å². The summed E-state index contributed by atoms with van der Waals surface area (Å²) in [7, 11) is 0. The second-order valence-electron chi connectivity index (χ2n) is 4.31. The molecule has 0 saturated carbocycles. The first-order chi connectivity index (χ1) is 9.41. The molecule has 0 amide bonds. The number of anilines is 1. The van der Waals surface area contributed by atoms with Crippen molar-refractivity contribution in [2.24, 2.45) is 0 Å². The molecule has 0 atom stereocenters. The summed E-state index contributed by atoms with van der Waals surface area (Å²) in [5.74, 6) is -1.42. The van der Waals surface area contributed by atoms with Crippen molar-refractivity contribution in [3.63, 3.8) is 0 Å². The van der Waals surface area contributed by atoms with E-state index in [2.05, 4.69) is 19.9 Å². The maximum atomic E-state index is 12.3. The van der Waals surface area contributed by atoms with Gasteiger partial charge in [0.05, 0.1) is 6.54 Å². The van der Waals surface area contributed by atoms with E-state index >= 15 is 0 Å². The Morgan fingerprint density at radius 3 is 2.60 bits per heavy atom. The van der Waals surface area contributed by atoms with Gasteiger partial charge in [0, 0.05) is 5.69 Å². The summed E-state index contributed by atoms with van der Waals surface area (Å²) < 4.78 is 41.6. The van der Waals surface area contributed by atoms with E-state index in [0.717, 1.165) is 23.2 Å². The van der Waals surface area contributed by atoms with Gasteiger partial charge in [-0.15, -0.1) is 10.2 Å². The summed E-state index contributed by atoms with van der Waals surface area (Å²) in [5.41, 5.74) is 2.99. The van der Waals surface area contributed by atoms with Gasteiger partial charge in [-0.25, -0.2) is 0 Å². The summed E-state index contributed by atoms with van der Waals surface area (Å²) >= 11 is 0. The van der Waals surface area contributed by atoms with E-state index in [-0.39, 0.29) is 12.4 Å². The van der Waals surface area contributed by atoms with Crippen LogP contribution in [0.5, 0.6) is 0 Å². The van der Waals surface area contributed by atoms with Gasteiger partial charge in [-0.1, -0.05) is 25.1 Å². The highest BCUT2D eigenvalue weighted by molar-refractivity contribution is 5.57. The molecule has 0 bridgehead atoms. The molecule has 4 nitrogen and oxygen atoms in total. The predicted octanol–water partition coefficient (Wildman–Crippen LogP) is 3.57. The van der Waals surface area contributed by atoms with Crippen LogP contribution in [0.3, 0.4) is 0 Å². The van der Waals surface area contributed by atoms with Crippen molar-refractivity contribution in [1.29, 1.82) is 0 Å². The Labute approximate surface area is 114 Å². The molecule has 2 rings (SSSR count). The lowest BCUT2D eigenvalue weighted by atomic mass is 10.1. The Balaban J connectivity index is 2.11. The van der Waals surface area contributed by atoms with Crippen molar-refractivity contribution >= 4 is 5.69 Å². The van der Waals surface area contributed by atoms with Crippen LogP contribution in [0.25, 0.3) is 0 Å². The molecule has 0 spiro atoms. The minimum Gasteiger partial charge on any atom is -0.415 e. The molecule has 0 fully saturated rings. The van der Waals surface area contributed by atoms with Crippen LogP contribution in [-0.4, -0.2) is 10.2 Å². The molecule has 7 heteroatoms. The van der Waals surface area contributed by atoms with Gasteiger partial charge >= 0.3 is 12.1 Å². The summed E-state index contributed by atoms with van der Waals surface area (Å²) in [6, 6.07) is 5.83. The average Bonchev–Trinajstić information content (AvgIpc) is 2.85. The largest absolute Gasteiger partial charge is 0.470 e. The zero-order valence-electron chi connectivity index (χ0n) is 11.1. The number of alkyl halides is 3. The fraction of sp³-hybridized carbons (Fsp3) is 0.385. The fourth-order valence-electron chi connectivity index (χ4n) is 1.88. The lowest BCUT2D eigenvalue weighted by Gasteiger charge is -2.12. The van der Waals surface area contributed by atoms with E-state index in [9.17, 15) is 13.2 Å². The Hall–Kier alpha value is -2.05. The first-order valence-electron chi connectivity index (χ1n) is 6.13. The smallest absolute Gasteiger partial charge is 0.415 e. The first kappa shape index (κ1) is 14.4. The zero-order valence-corrected chi connectivity index (χ0v) is 11.1. The van der Waals surface area contributed by atoms with Gasteiger partial charge in [0.15, 0.2) is 0 Å². The number of halogens is 3. The minimum absolute atomic E-state index is 0.0565. The Morgan fingerprint density at radius 1 is 1.25 bits per heavy atom. The molecule has 20 heavy (non-hydrogen) atoms. The highest BCUT2D eigenvalue weighted by Crippen LogP contribution is 2.28. The molecule has 0 radical (unpaired) electrons. The van der Waals surface area contributed by atoms with Gasteiger partial charge in [-0.2, -0.15) is 13.2 Å². The second kappa shape index (κ2) is 5.52. The van der Waals surface area contributed by atoms with Crippen molar-refractivity contribution in [3.8, 4) is 0 Å². The van der Waals surface area contributed by atoms with E-state index in [1.165, 1.54) is 0 Å². The van der Waals surface area contributed by atoms with Crippen molar-refractivity contribution < 1.29 is 17.6 Å². The monoisotopic (exact) mass is 285 g/mol. The molecule has 1 heterocycles. The molecule has 1 N–H and O–H groups in total. The molecule has 2 aromatic rings. The minimum atomic E-state index is -4.61. The Bertz CT molecular complexity index is 593. The lowest BCUT2D eigenvalue weighted by molar-refractivity contribution is -0.157. The molecular weight excluding hydrogens is 271 g/mol. The van der Waals surface area contributed by atoms with Crippen LogP contribution in [0, 0.1) is 6.92 Å². The second-order valence-corrected chi connectivity index (χ2v) is 4.31. The fourth-order valence-corrected chi connectivity index (χ4v) is 1.88. The maximum absolute atomic E-state index is 12.3. The van der Waals surface area contributed by atoms with Crippen molar-refractivity contribution in [2.75, 3.05) is 5.32 Å². The summed E-state index contributed by atoms with van der Waals surface area (Å²) in [6.07, 6.45) is -3.79. The number of nitrogens with one attached hydrogen (secondary N) is 1. The molecule has 0 aliphatic heterocycles. The summed E-state index contributed by atoms with van der Waals surface area (Å²) in [6.45, 7) is 3.99. The topological polar surface area (TPSA) is 51.0 Å². The number of rotatable bonds is 4. The van der Waals surface area contributed by atoms with E-state index in [4.69, 9.17) is 0 Å². The predicted molar refractivity (Wildman–Crippen MR) is 67.2 cm³/mol. The first-order valence-corrected chi connectivity index (χ1v) is 6.13. The van der Waals surface area contributed by atoms with Crippen molar-refractivity contribution in [2.45, 2.75) is 33.0 Å². The number of para-hydroxylation sites is 1. The van der Waals surface area contributed by atoms with Crippen LogP contribution in [0.1, 0.15) is 29.8 Å². The molecule has 1 aromatic carbocycles. The van der Waals surface area contributed by atoms with E-state index in [1.807, 2.05) is 32.0 Å². The van der Waals surface area contributed by atoms with Gasteiger partial charge in [-0.05, 0) is 24.5 Å². The van der Waals surface area contributed by atoms with Crippen LogP contribution >= 0.6 is 0 Å². The molecule has 0 saturated heterocycles. The van der Waals surface area contributed by atoms with Gasteiger partial charge < -0.3 is 9.73 Å². The van der Waals surface area contributed by atoms with Gasteiger partial charge in [0.1, 0.15) is 0 Å². The third-order valence-corrected chi connectivity index (χ3v) is 2.87. The Kier molecular flexibility index (Phi) is 3.96. The van der Waals surface area contributed by atoms with Crippen LogP contribution in [0.15, 0.2) is 22.6 Å². The molecule has 108 valence electrons. The highest BCUT2D eigenvalue weighted by Gasteiger charge is 2.38. The molecule has 0 aliphatic rings.